The molecule has 1 fully saturated rings. The molecule has 1 aromatic carbocycles. The molecule has 1 aliphatic rings. The predicted molar refractivity (Wildman–Crippen MR) is 72.9 cm³/mol. The molecule has 0 saturated carbocycles. The lowest BCUT2D eigenvalue weighted by Gasteiger charge is -2.35. The topological polar surface area (TPSA) is 64.3 Å². The van der Waals surface area contributed by atoms with Crippen LogP contribution < -0.4 is 11.1 Å². The second-order valence-electron chi connectivity index (χ2n) is 5.16. The van der Waals surface area contributed by atoms with Crippen LogP contribution in [-0.2, 0) is 4.74 Å². The Bertz CT molecular complexity index is 451. The molecule has 1 saturated heterocycles. The van der Waals surface area contributed by atoms with Gasteiger partial charge in [-0.05, 0) is 44.9 Å². The number of ketones is 1. The highest BCUT2D eigenvalue weighted by molar-refractivity contribution is 5.99. The summed E-state index contributed by atoms with van der Waals surface area (Å²) in [5, 5.41) is 3.49. The van der Waals surface area contributed by atoms with Gasteiger partial charge in [0.1, 0.15) is 0 Å². The molecule has 1 aromatic rings. The van der Waals surface area contributed by atoms with E-state index in [2.05, 4.69) is 12.2 Å². The standard InChI is InChI=1S/C14H20N2O2/c1-10(17)12-4-3-11(9-13(12)15)16-14(2)5-7-18-8-6-14/h3-4,9,16H,5-8,15H2,1-2H3. The minimum atomic E-state index is -0.00340. The van der Waals surface area contributed by atoms with Gasteiger partial charge in [0.25, 0.3) is 0 Å². The monoisotopic (exact) mass is 248 g/mol. The second kappa shape index (κ2) is 4.98. The molecule has 2 rings (SSSR count). The summed E-state index contributed by atoms with van der Waals surface area (Å²) in [6.45, 7) is 5.28. The first-order chi connectivity index (χ1) is 8.50. The van der Waals surface area contributed by atoms with Crippen molar-refractivity contribution in [2.45, 2.75) is 32.2 Å². The first-order valence-corrected chi connectivity index (χ1v) is 6.27. The van der Waals surface area contributed by atoms with Crippen LogP contribution in [0.1, 0.15) is 37.0 Å². The third-order valence-electron chi connectivity index (χ3n) is 3.47. The highest BCUT2D eigenvalue weighted by Crippen LogP contribution is 2.27. The molecular weight excluding hydrogens is 228 g/mol. The lowest BCUT2D eigenvalue weighted by molar-refractivity contribution is 0.0658. The Labute approximate surface area is 108 Å². The van der Waals surface area contributed by atoms with E-state index in [4.69, 9.17) is 10.5 Å². The lowest BCUT2D eigenvalue weighted by Crippen LogP contribution is -2.40. The van der Waals surface area contributed by atoms with Crippen LogP contribution in [0, 0.1) is 0 Å². The van der Waals surface area contributed by atoms with Crippen molar-refractivity contribution < 1.29 is 9.53 Å². The van der Waals surface area contributed by atoms with Gasteiger partial charge in [-0.25, -0.2) is 0 Å². The molecule has 0 aromatic heterocycles. The van der Waals surface area contributed by atoms with E-state index in [1.165, 1.54) is 6.92 Å². The van der Waals surface area contributed by atoms with Gasteiger partial charge in [0.15, 0.2) is 5.78 Å². The average molecular weight is 248 g/mol. The summed E-state index contributed by atoms with van der Waals surface area (Å²) in [4.78, 5) is 11.3. The summed E-state index contributed by atoms with van der Waals surface area (Å²) in [6, 6.07) is 5.52. The van der Waals surface area contributed by atoms with Gasteiger partial charge in [-0.2, -0.15) is 0 Å². The van der Waals surface area contributed by atoms with E-state index >= 15 is 0 Å². The van der Waals surface area contributed by atoms with Gasteiger partial charge in [0.2, 0.25) is 0 Å². The SMILES string of the molecule is CC(=O)c1ccc(NC2(C)CCOCC2)cc1N. The fourth-order valence-electron chi connectivity index (χ4n) is 2.26. The Morgan fingerprint density at radius 1 is 1.39 bits per heavy atom. The van der Waals surface area contributed by atoms with E-state index in [0.29, 0.717) is 11.3 Å². The Balaban J connectivity index is 2.14. The third-order valence-corrected chi connectivity index (χ3v) is 3.47. The number of anilines is 2. The summed E-state index contributed by atoms with van der Waals surface area (Å²) >= 11 is 0. The summed E-state index contributed by atoms with van der Waals surface area (Å²) < 4.78 is 5.37. The largest absolute Gasteiger partial charge is 0.398 e. The normalized spacial score (nSPS) is 18.3. The summed E-state index contributed by atoms with van der Waals surface area (Å²) in [5.74, 6) is -0.00340. The quantitative estimate of drug-likeness (QED) is 0.637. The van der Waals surface area contributed by atoms with Crippen LogP contribution >= 0.6 is 0 Å². The van der Waals surface area contributed by atoms with Crippen molar-refractivity contribution in [3.63, 3.8) is 0 Å². The zero-order chi connectivity index (χ0) is 13.2. The van der Waals surface area contributed by atoms with Crippen molar-refractivity contribution in [2.24, 2.45) is 0 Å². The molecule has 4 heteroatoms. The molecule has 0 atom stereocenters. The molecule has 1 heterocycles. The Hall–Kier alpha value is -1.55. The van der Waals surface area contributed by atoms with E-state index < -0.39 is 0 Å². The summed E-state index contributed by atoms with van der Waals surface area (Å²) in [5.41, 5.74) is 8.00. The van der Waals surface area contributed by atoms with Crippen LogP contribution in [0.25, 0.3) is 0 Å². The molecule has 98 valence electrons. The van der Waals surface area contributed by atoms with Crippen molar-refractivity contribution in [1.29, 1.82) is 0 Å². The van der Waals surface area contributed by atoms with E-state index in [9.17, 15) is 4.79 Å². The van der Waals surface area contributed by atoms with Gasteiger partial charge in [0, 0.05) is 35.7 Å². The zero-order valence-corrected chi connectivity index (χ0v) is 11.0. The van der Waals surface area contributed by atoms with Gasteiger partial charge in [-0.15, -0.1) is 0 Å². The van der Waals surface area contributed by atoms with Gasteiger partial charge in [0.05, 0.1) is 0 Å². The van der Waals surface area contributed by atoms with E-state index in [0.717, 1.165) is 31.7 Å². The maximum Gasteiger partial charge on any atom is 0.161 e. The smallest absolute Gasteiger partial charge is 0.161 e. The molecule has 4 nitrogen and oxygen atoms in total. The molecule has 18 heavy (non-hydrogen) atoms. The summed E-state index contributed by atoms with van der Waals surface area (Å²) in [7, 11) is 0. The van der Waals surface area contributed by atoms with E-state index in [1.54, 1.807) is 6.07 Å². The van der Waals surface area contributed by atoms with Gasteiger partial charge in [-0.3, -0.25) is 4.79 Å². The maximum absolute atomic E-state index is 11.3. The maximum atomic E-state index is 11.3. The van der Waals surface area contributed by atoms with Crippen LogP contribution in [0.2, 0.25) is 0 Å². The number of nitrogens with two attached hydrogens (primary N) is 1. The van der Waals surface area contributed by atoms with Crippen LogP contribution in [0.4, 0.5) is 11.4 Å². The number of rotatable bonds is 3. The first kappa shape index (κ1) is 12.9. The predicted octanol–water partition coefficient (Wildman–Crippen LogP) is 2.45. The van der Waals surface area contributed by atoms with Gasteiger partial charge in [-0.1, -0.05) is 0 Å². The van der Waals surface area contributed by atoms with Crippen molar-refractivity contribution in [3.05, 3.63) is 23.8 Å². The molecular formula is C14H20N2O2. The van der Waals surface area contributed by atoms with E-state index in [-0.39, 0.29) is 11.3 Å². The van der Waals surface area contributed by atoms with Crippen molar-refractivity contribution in [1.82, 2.24) is 0 Å². The molecule has 0 aliphatic carbocycles. The zero-order valence-electron chi connectivity index (χ0n) is 11.0. The number of Topliss-reactive ketones (excluding diaryl/α,β-unsaturated/α-hetero) is 1. The molecule has 0 unspecified atom stereocenters. The lowest BCUT2D eigenvalue weighted by atomic mass is 9.92. The molecule has 0 spiro atoms. The highest BCUT2D eigenvalue weighted by Gasteiger charge is 2.27. The number of hydrogen-bond acceptors (Lipinski definition) is 4. The highest BCUT2D eigenvalue weighted by atomic mass is 16.5. The second-order valence-corrected chi connectivity index (χ2v) is 5.16. The van der Waals surface area contributed by atoms with Gasteiger partial charge < -0.3 is 15.8 Å². The number of carbonyl (C=O) groups is 1. The van der Waals surface area contributed by atoms with Crippen LogP contribution in [-0.4, -0.2) is 24.5 Å². The van der Waals surface area contributed by atoms with Crippen molar-refractivity contribution in [2.75, 3.05) is 24.3 Å². The molecule has 3 N–H and O–H groups in total. The van der Waals surface area contributed by atoms with Crippen LogP contribution in [0.5, 0.6) is 0 Å². The Morgan fingerprint density at radius 3 is 2.61 bits per heavy atom. The van der Waals surface area contributed by atoms with Crippen molar-refractivity contribution >= 4 is 17.2 Å². The van der Waals surface area contributed by atoms with Crippen molar-refractivity contribution in [3.8, 4) is 0 Å². The molecule has 1 aliphatic heterocycles. The van der Waals surface area contributed by atoms with Crippen LogP contribution in [0.3, 0.4) is 0 Å². The third kappa shape index (κ3) is 2.82. The number of hydrogen-bond donors (Lipinski definition) is 2. The van der Waals surface area contributed by atoms with Gasteiger partial charge >= 0.3 is 0 Å². The van der Waals surface area contributed by atoms with E-state index in [1.807, 2.05) is 12.1 Å². The molecule has 0 amide bonds. The number of carbonyl (C=O) groups excluding carboxylic acids is 1. The summed E-state index contributed by atoms with van der Waals surface area (Å²) in [6.07, 6.45) is 1.95. The molecule has 0 radical (unpaired) electrons. The fourth-order valence-corrected chi connectivity index (χ4v) is 2.26. The number of nitrogens with one attached hydrogen (secondary N) is 1. The number of ether oxygens (including phenoxy) is 1. The number of nitrogen functional groups attached to an aromatic ring is 1. The molecule has 0 bridgehead atoms. The minimum Gasteiger partial charge on any atom is -0.398 e. The number of benzene rings is 1. The average Bonchev–Trinajstić information content (AvgIpc) is 2.28. The minimum absolute atomic E-state index is 0.00340. The fraction of sp³-hybridized carbons (Fsp3) is 0.500. The van der Waals surface area contributed by atoms with Crippen LogP contribution in [0.15, 0.2) is 18.2 Å². The first-order valence-electron chi connectivity index (χ1n) is 6.27. The Kier molecular flexibility index (Phi) is 3.57. The Morgan fingerprint density at radius 2 is 2.06 bits per heavy atom.